The molecule has 2 N–H and O–H groups in total. The van der Waals surface area contributed by atoms with Crippen molar-refractivity contribution in [2.45, 2.75) is 33.9 Å². The highest BCUT2D eigenvalue weighted by Gasteiger charge is 2.05. The topological polar surface area (TPSA) is 48.1 Å². The number of ether oxygens (including phenoxy) is 1. The second kappa shape index (κ2) is 5.85. The molecule has 0 radical (unpaired) electrons. The minimum atomic E-state index is 0.455. The van der Waals surface area contributed by atoms with Gasteiger partial charge in [0.1, 0.15) is 12.4 Å². The molecular weight excluding hydrogens is 236 g/mol. The molecule has 0 unspecified atom stereocenters. The van der Waals surface area contributed by atoms with Crippen molar-refractivity contribution < 1.29 is 4.74 Å². The van der Waals surface area contributed by atoms with Crippen molar-refractivity contribution in [3.05, 3.63) is 58.4 Å². The first-order valence-electron chi connectivity index (χ1n) is 6.44. The molecule has 1 heterocycles. The van der Waals surface area contributed by atoms with E-state index >= 15 is 0 Å². The van der Waals surface area contributed by atoms with Crippen molar-refractivity contribution in [1.29, 1.82) is 0 Å². The number of nitrogens with two attached hydrogens (primary N) is 1. The van der Waals surface area contributed by atoms with Gasteiger partial charge in [-0.15, -0.1) is 0 Å². The fraction of sp³-hybridized carbons (Fsp3) is 0.312. The second-order valence-corrected chi connectivity index (χ2v) is 4.86. The van der Waals surface area contributed by atoms with Gasteiger partial charge in [0.05, 0.1) is 11.9 Å². The van der Waals surface area contributed by atoms with Crippen molar-refractivity contribution in [3.8, 4) is 5.75 Å². The van der Waals surface area contributed by atoms with Gasteiger partial charge in [0, 0.05) is 6.54 Å². The summed E-state index contributed by atoms with van der Waals surface area (Å²) < 4.78 is 5.79. The van der Waals surface area contributed by atoms with Crippen LogP contribution in [0.25, 0.3) is 0 Å². The Morgan fingerprint density at radius 1 is 1.11 bits per heavy atom. The van der Waals surface area contributed by atoms with Gasteiger partial charge in [0.25, 0.3) is 0 Å². The Kier molecular flexibility index (Phi) is 4.17. The summed E-state index contributed by atoms with van der Waals surface area (Å²) in [6.45, 7) is 7.38. The molecule has 1 aromatic heterocycles. The largest absolute Gasteiger partial charge is 0.487 e. The van der Waals surface area contributed by atoms with E-state index in [1.54, 1.807) is 6.20 Å². The Balaban J connectivity index is 2.10. The van der Waals surface area contributed by atoms with Crippen LogP contribution in [0.4, 0.5) is 0 Å². The summed E-state index contributed by atoms with van der Waals surface area (Å²) in [6, 6.07) is 8.17. The number of nitrogens with zero attached hydrogens (tertiary/aromatic N) is 1. The molecule has 0 aliphatic heterocycles. The van der Waals surface area contributed by atoms with Crippen molar-refractivity contribution in [2.24, 2.45) is 5.73 Å². The first-order valence-corrected chi connectivity index (χ1v) is 6.44. The van der Waals surface area contributed by atoms with Gasteiger partial charge in [0.2, 0.25) is 0 Å². The normalized spacial score (nSPS) is 10.5. The predicted molar refractivity (Wildman–Crippen MR) is 77.1 cm³/mol. The van der Waals surface area contributed by atoms with Crippen LogP contribution >= 0.6 is 0 Å². The molecule has 0 aliphatic carbocycles. The zero-order chi connectivity index (χ0) is 13.8. The summed E-state index contributed by atoms with van der Waals surface area (Å²) in [5, 5.41) is 0. The average molecular weight is 256 g/mol. The van der Waals surface area contributed by atoms with E-state index in [1.807, 2.05) is 12.1 Å². The van der Waals surface area contributed by atoms with E-state index in [4.69, 9.17) is 10.5 Å². The van der Waals surface area contributed by atoms with Crippen LogP contribution in [0, 0.1) is 20.8 Å². The van der Waals surface area contributed by atoms with Crippen LogP contribution in [0.15, 0.2) is 30.5 Å². The molecule has 2 rings (SSSR count). The number of rotatable bonds is 4. The van der Waals surface area contributed by atoms with E-state index in [9.17, 15) is 0 Å². The molecular formula is C16H20N2O. The molecule has 0 atom stereocenters. The molecule has 0 fully saturated rings. The summed E-state index contributed by atoms with van der Waals surface area (Å²) >= 11 is 0. The third-order valence-electron chi connectivity index (χ3n) is 3.23. The highest BCUT2D eigenvalue weighted by atomic mass is 16.5. The molecule has 0 spiro atoms. The molecule has 0 amide bonds. The lowest BCUT2D eigenvalue weighted by molar-refractivity contribution is 0.303. The Morgan fingerprint density at radius 2 is 1.79 bits per heavy atom. The molecule has 100 valence electrons. The molecule has 19 heavy (non-hydrogen) atoms. The van der Waals surface area contributed by atoms with Gasteiger partial charge in [-0.05, 0) is 49.6 Å². The molecule has 0 saturated carbocycles. The molecule has 0 saturated heterocycles. The highest BCUT2D eigenvalue weighted by molar-refractivity contribution is 5.37. The molecule has 0 aliphatic rings. The van der Waals surface area contributed by atoms with Gasteiger partial charge in [-0.3, -0.25) is 4.98 Å². The fourth-order valence-electron chi connectivity index (χ4n) is 2.21. The standard InChI is InChI=1S/C16H20N2O/c1-11-6-12(2)16(13(3)7-11)10-19-15-5-4-14(8-17)18-9-15/h4-7,9H,8,10,17H2,1-3H3. The van der Waals surface area contributed by atoms with E-state index in [-0.39, 0.29) is 0 Å². The Hall–Kier alpha value is -1.87. The lowest BCUT2D eigenvalue weighted by Gasteiger charge is -2.12. The quantitative estimate of drug-likeness (QED) is 0.914. The predicted octanol–water partition coefficient (Wildman–Crippen LogP) is 3.04. The number of hydrogen-bond donors (Lipinski definition) is 1. The van der Waals surface area contributed by atoms with Crippen LogP contribution in [0.1, 0.15) is 27.9 Å². The van der Waals surface area contributed by atoms with Crippen molar-refractivity contribution in [2.75, 3.05) is 0 Å². The van der Waals surface area contributed by atoms with Crippen molar-refractivity contribution in [1.82, 2.24) is 4.98 Å². The Bertz CT molecular complexity index is 538. The molecule has 0 bridgehead atoms. The fourth-order valence-corrected chi connectivity index (χ4v) is 2.21. The lowest BCUT2D eigenvalue weighted by atomic mass is 10.0. The van der Waals surface area contributed by atoms with Crippen LogP contribution in [0.2, 0.25) is 0 Å². The average Bonchev–Trinajstić information content (AvgIpc) is 2.38. The number of aryl methyl sites for hydroxylation is 3. The van der Waals surface area contributed by atoms with Crippen LogP contribution in [-0.4, -0.2) is 4.98 Å². The molecule has 3 heteroatoms. The van der Waals surface area contributed by atoms with Crippen LogP contribution < -0.4 is 10.5 Å². The summed E-state index contributed by atoms with van der Waals surface area (Å²) in [5.74, 6) is 0.775. The number of benzene rings is 1. The van der Waals surface area contributed by atoms with E-state index in [2.05, 4.69) is 37.9 Å². The first kappa shape index (κ1) is 13.6. The highest BCUT2D eigenvalue weighted by Crippen LogP contribution is 2.19. The van der Waals surface area contributed by atoms with E-state index < -0.39 is 0 Å². The van der Waals surface area contributed by atoms with Crippen molar-refractivity contribution in [3.63, 3.8) is 0 Å². The maximum Gasteiger partial charge on any atom is 0.138 e. The maximum absolute atomic E-state index is 5.79. The van der Waals surface area contributed by atoms with E-state index in [1.165, 1.54) is 22.3 Å². The zero-order valence-electron chi connectivity index (χ0n) is 11.7. The first-order chi connectivity index (χ1) is 9.10. The second-order valence-electron chi connectivity index (χ2n) is 4.86. The third-order valence-corrected chi connectivity index (χ3v) is 3.23. The van der Waals surface area contributed by atoms with Gasteiger partial charge >= 0.3 is 0 Å². The molecule has 3 nitrogen and oxygen atoms in total. The molecule has 2 aromatic rings. The van der Waals surface area contributed by atoms with Gasteiger partial charge in [-0.25, -0.2) is 0 Å². The number of pyridine rings is 1. The van der Waals surface area contributed by atoms with Gasteiger partial charge in [-0.1, -0.05) is 17.7 Å². The Morgan fingerprint density at radius 3 is 2.32 bits per heavy atom. The third kappa shape index (κ3) is 3.32. The summed E-state index contributed by atoms with van der Waals surface area (Å²) in [5.41, 5.74) is 11.5. The zero-order valence-corrected chi connectivity index (χ0v) is 11.7. The minimum Gasteiger partial charge on any atom is -0.487 e. The molecule has 1 aromatic carbocycles. The van der Waals surface area contributed by atoms with Crippen molar-refractivity contribution >= 4 is 0 Å². The summed E-state index contributed by atoms with van der Waals surface area (Å²) in [7, 11) is 0. The van der Waals surface area contributed by atoms with Gasteiger partial charge in [-0.2, -0.15) is 0 Å². The smallest absolute Gasteiger partial charge is 0.138 e. The monoisotopic (exact) mass is 256 g/mol. The van der Waals surface area contributed by atoms with E-state index in [0.717, 1.165) is 11.4 Å². The van der Waals surface area contributed by atoms with Crippen LogP contribution in [0.5, 0.6) is 5.75 Å². The summed E-state index contributed by atoms with van der Waals surface area (Å²) in [6.07, 6.45) is 1.72. The van der Waals surface area contributed by atoms with Gasteiger partial charge in [0.15, 0.2) is 0 Å². The minimum absolute atomic E-state index is 0.455. The van der Waals surface area contributed by atoms with Gasteiger partial charge < -0.3 is 10.5 Å². The summed E-state index contributed by atoms with van der Waals surface area (Å²) in [4.78, 5) is 4.22. The number of hydrogen-bond acceptors (Lipinski definition) is 3. The van der Waals surface area contributed by atoms with Crippen LogP contribution in [0.3, 0.4) is 0 Å². The van der Waals surface area contributed by atoms with E-state index in [0.29, 0.717) is 13.2 Å². The number of aromatic nitrogens is 1. The van der Waals surface area contributed by atoms with Crippen LogP contribution in [-0.2, 0) is 13.2 Å². The SMILES string of the molecule is Cc1cc(C)c(COc2ccc(CN)nc2)c(C)c1. The Labute approximate surface area is 114 Å². The lowest BCUT2D eigenvalue weighted by Crippen LogP contribution is -2.03. The maximum atomic E-state index is 5.79.